The van der Waals surface area contributed by atoms with Crippen molar-refractivity contribution in [1.82, 2.24) is 0 Å². The molecule has 0 aromatic carbocycles. The monoisotopic (exact) mass is 278 g/mol. The van der Waals surface area contributed by atoms with Gasteiger partial charge < -0.3 is 9.64 Å². The molecular weight excluding hydrogens is 250 g/mol. The number of quaternary nitrogens is 1. The molecule has 1 aliphatic heterocycles. The Bertz CT molecular complexity index is 431. The average Bonchev–Trinajstić information content (AvgIpc) is 2.62. The first kappa shape index (κ1) is 14.1. The summed E-state index contributed by atoms with van der Waals surface area (Å²) in [6, 6.07) is 0. The zero-order valence-corrected chi connectivity index (χ0v) is 13.1. The minimum absolute atomic E-state index is 0.0501. The number of carbonyl (C=O) groups excluding carboxylic acids is 1. The molecule has 0 spiro atoms. The number of ether oxygens (including phenoxy) is 1. The van der Waals surface area contributed by atoms with E-state index in [2.05, 4.69) is 27.6 Å². The van der Waals surface area contributed by atoms with Crippen molar-refractivity contribution in [2.75, 3.05) is 20.6 Å². The molecule has 3 nitrogen and oxygen atoms in total. The Morgan fingerprint density at radius 3 is 2.90 bits per heavy atom. The van der Waals surface area contributed by atoms with E-state index < -0.39 is 0 Å². The largest absolute Gasteiger partial charge is 0.462 e. The number of esters is 1. The molecule has 1 N–H and O–H groups in total. The van der Waals surface area contributed by atoms with Crippen molar-refractivity contribution in [3.8, 4) is 0 Å². The van der Waals surface area contributed by atoms with Crippen molar-refractivity contribution in [2.45, 2.75) is 45.1 Å². The SMILES string of the molecule is C=C1CCC[C@]2(C)C[C@H]3OC(=O)[C@H](C[NH+](C)C)[C@@H]3C[C@H]12. The third kappa shape index (κ3) is 2.20. The second-order valence-electron chi connectivity index (χ2n) is 7.82. The second-order valence-corrected chi connectivity index (χ2v) is 7.82. The first-order valence-electron chi connectivity index (χ1n) is 8.08. The predicted octanol–water partition coefficient (Wildman–Crippen LogP) is 1.45. The molecule has 3 rings (SSSR count). The molecule has 0 aromatic rings. The number of allylic oxidation sites excluding steroid dienone is 1. The Morgan fingerprint density at radius 1 is 1.45 bits per heavy atom. The minimum Gasteiger partial charge on any atom is -0.462 e. The highest BCUT2D eigenvalue weighted by atomic mass is 16.6. The van der Waals surface area contributed by atoms with Gasteiger partial charge in [0.2, 0.25) is 0 Å². The lowest BCUT2D eigenvalue weighted by atomic mass is 9.55. The zero-order valence-electron chi connectivity index (χ0n) is 13.1. The van der Waals surface area contributed by atoms with Gasteiger partial charge in [-0.2, -0.15) is 0 Å². The van der Waals surface area contributed by atoms with Crippen molar-refractivity contribution in [1.29, 1.82) is 0 Å². The molecule has 1 heterocycles. The van der Waals surface area contributed by atoms with E-state index in [0.29, 0.717) is 17.3 Å². The molecule has 20 heavy (non-hydrogen) atoms. The molecule has 2 saturated carbocycles. The highest BCUT2D eigenvalue weighted by molar-refractivity contribution is 5.75. The summed E-state index contributed by atoms with van der Waals surface area (Å²) in [7, 11) is 4.24. The molecule has 5 atom stereocenters. The Hall–Kier alpha value is -0.830. The van der Waals surface area contributed by atoms with Crippen LogP contribution in [0.2, 0.25) is 0 Å². The van der Waals surface area contributed by atoms with Crippen molar-refractivity contribution < 1.29 is 14.4 Å². The van der Waals surface area contributed by atoms with Gasteiger partial charge in [-0.15, -0.1) is 0 Å². The quantitative estimate of drug-likeness (QED) is 0.612. The van der Waals surface area contributed by atoms with Gasteiger partial charge in [0.25, 0.3) is 0 Å². The fourth-order valence-corrected chi connectivity index (χ4v) is 4.93. The lowest BCUT2D eigenvalue weighted by Crippen LogP contribution is -3.06. The van der Waals surface area contributed by atoms with Crippen LogP contribution in [0.25, 0.3) is 0 Å². The fourth-order valence-electron chi connectivity index (χ4n) is 4.93. The van der Waals surface area contributed by atoms with Gasteiger partial charge in [-0.1, -0.05) is 19.1 Å². The molecule has 0 amide bonds. The summed E-state index contributed by atoms with van der Waals surface area (Å²) in [5.41, 5.74) is 1.74. The Kier molecular flexibility index (Phi) is 3.44. The van der Waals surface area contributed by atoms with Crippen LogP contribution in [0.5, 0.6) is 0 Å². The van der Waals surface area contributed by atoms with Crippen LogP contribution in [0.3, 0.4) is 0 Å². The van der Waals surface area contributed by atoms with E-state index in [-0.39, 0.29) is 18.0 Å². The summed E-state index contributed by atoms with van der Waals surface area (Å²) in [6.45, 7) is 7.62. The zero-order chi connectivity index (χ0) is 14.5. The Labute approximate surface area is 122 Å². The lowest BCUT2D eigenvalue weighted by molar-refractivity contribution is -0.861. The molecule has 0 aromatic heterocycles. The van der Waals surface area contributed by atoms with E-state index in [1.54, 1.807) is 0 Å². The van der Waals surface area contributed by atoms with Gasteiger partial charge in [0.05, 0.1) is 20.6 Å². The van der Waals surface area contributed by atoms with Crippen molar-refractivity contribution in [3.05, 3.63) is 12.2 Å². The maximum atomic E-state index is 12.2. The smallest absolute Gasteiger partial charge is 0.315 e. The molecule has 0 unspecified atom stereocenters. The molecule has 0 radical (unpaired) electrons. The standard InChI is InChI=1S/C17H27NO2/c1-11-6-5-7-17(2)9-15-12(8-14(11)17)13(10-18(3)4)16(19)20-15/h12-15H,1,5-10H2,2-4H3/p+1/t12-,13+,14+,15+,17+/m0/s1. The second kappa shape index (κ2) is 4.87. The van der Waals surface area contributed by atoms with E-state index in [4.69, 9.17) is 4.74 Å². The first-order chi connectivity index (χ1) is 9.40. The van der Waals surface area contributed by atoms with Gasteiger partial charge in [0.15, 0.2) is 0 Å². The topological polar surface area (TPSA) is 30.7 Å². The summed E-state index contributed by atoms with van der Waals surface area (Å²) < 4.78 is 5.75. The molecule has 3 fully saturated rings. The van der Waals surface area contributed by atoms with E-state index in [1.807, 2.05) is 0 Å². The maximum Gasteiger partial charge on any atom is 0.315 e. The van der Waals surface area contributed by atoms with Gasteiger partial charge in [0.1, 0.15) is 12.0 Å². The molecule has 3 heteroatoms. The normalized spacial score (nSPS) is 44.2. The van der Waals surface area contributed by atoms with Crippen LogP contribution in [-0.2, 0) is 9.53 Å². The Morgan fingerprint density at radius 2 is 2.20 bits per heavy atom. The van der Waals surface area contributed by atoms with Crippen LogP contribution in [-0.4, -0.2) is 32.7 Å². The van der Waals surface area contributed by atoms with Crippen LogP contribution in [0.15, 0.2) is 12.2 Å². The number of carbonyl (C=O) groups is 1. The first-order valence-corrected chi connectivity index (χ1v) is 8.08. The van der Waals surface area contributed by atoms with Crippen molar-refractivity contribution in [3.63, 3.8) is 0 Å². The van der Waals surface area contributed by atoms with E-state index >= 15 is 0 Å². The molecule has 0 bridgehead atoms. The number of nitrogens with one attached hydrogen (secondary N) is 1. The van der Waals surface area contributed by atoms with Crippen LogP contribution < -0.4 is 4.90 Å². The van der Waals surface area contributed by atoms with Crippen LogP contribution in [0.1, 0.15) is 39.0 Å². The minimum atomic E-state index is 0.0501. The van der Waals surface area contributed by atoms with E-state index in [1.165, 1.54) is 29.7 Å². The molecule has 3 aliphatic rings. The summed E-state index contributed by atoms with van der Waals surface area (Å²) in [5, 5.41) is 0. The number of hydrogen-bond donors (Lipinski definition) is 1. The third-order valence-corrected chi connectivity index (χ3v) is 5.95. The lowest BCUT2D eigenvalue weighted by Gasteiger charge is -2.49. The number of hydrogen-bond acceptors (Lipinski definition) is 2. The van der Waals surface area contributed by atoms with E-state index in [9.17, 15) is 4.79 Å². The summed E-state index contributed by atoms with van der Waals surface area (Å²) in [5.74, 6) is 1.18. The third-order valence-electron chi connectivity index (χ3n) is 5.95. The molecular formula is C17H28NO2+. The van der Waals surface area contributed by atoms with Crippen LogP contribution >= 0.6 is 0 Å². The number of rotatable bonds is 2. The van der Waals surface area contributed by atoms with Crippen LogP contribution in [0, 0.1) is 23.2 Å². The summed E-state index contributed by atoms with van der Waals surface area (Å²) in [6.07, 6.45) is 6.02. The van der Waals surface area contributed by atoms with Crippen molar-refractivity contribution >= 4 is 5.97 Å². The fraction of sp³-hybridized carbons (Fsp3) is 0.824. The van der Waals surface area contributed by atoms with Crippen LogP contribution in [0.4, 0.5) is 0 Å². The molecule has 112 valence electrons. The van der Waals surface area contributed by atoms with Gasteiger partial charge in [-0.3, -0.25) is 4.79 Å². The van der Waals surface area contributed by atoms with Gasteiger partial charge in [-0.25, -0.2) is 0 Å². The van der Waals surface area contributed by atoms with Gasteiger partial charge >= 0.3 is 5.97 Å². The summed E-state index contributed by atoms with van der Waals surface area (Å²) in [4.78, 5) is 13.5. The molecule has 2 aliphatic carbocycles. The Balaban J connectivity index is 1.82. The predicted molar refractivity (Wildman–Crippen MR) is 78.4 cm³/mol. The average molecular weight is 278 g/mol. The number of fused-ring (bicyclic) bond motifs is 2. The highest BCUT2D eigenvalue weighted by Gasteiger charge is 2.55. The summed E-state index contributed by atoms with van der Waals surface area (Å²) >= 11 is 0. The van der Waals surface area contributed by atoms with Gasteiger partial charge in [0, 0.05) is 5.92 Å². The van der Waals surface area contributed by atoms with Crippen molar-refractivity contribution in [2.24, 2.45) is 23.2 Å². The molecule has 1 saturated heterocycles. The highest BCUT2D eigenvalue weighted by Crippen LogP contribution is 2.56. The van der Waals surface area contributed by atoms with E-state index in [0.717, 1.165) is 19.4 Å². The van der Waals surface area contributed by atoms with Gasteiger partial charge in [-0.05, 0) is 43.4 Å². The maximum absolute atomic E-state index is 12.2.